The van der Waals surface area contributed by atoms with E-state index in [4.69, 9.17) is 5.84 Å². The molecule has 0 aliphatic heterocycles. The minimum Gasteiger partial charge on any atom is -0.294 e. The van der Waals surface area contributed by atoms with E-state index in [1.165, 1.54) is 6.20 Å². The van der Waals surface area contributed by atoms with Crippen LogP contribution in [0, 0.1) is 0 Å². The van der Waals surface area contributed by atoms with Crippen LogP contribution in [-0.4, -0.2) is 15.7 Å². The van der Waals surface area contributed by atoms with Crippen molar-refractivity contribution in [2.24, 2.45) is 5.84 Å². The molecule has 0 atom stereocenters. The Balaban J connectivity index is 2.21. The van der Waals surface area contributed by atoms with Crippen LogP contribution in [0.25, 0.3) is 10.9 Å². The predicted octanol–water partition coefficient (Wildman–Crippen LogP) is 0.167. The molecule has 0 saturated heterocycles. The summed E-state index contributed by atoms with van der Waals surface area (Å²) in [5.74, 6) is 4.79. The summed E-state index contributed by atoms with van der Waals surface area (Å²) in [6, 6.07) is 7.28. The van der Waals surface area contributed by atoms with E-state index in [9.17, 15) is 9.59 Å². The molecule has 1 aromatic heterocycles. The highest BCUT2D eigenvalue weighted by molar-refractivity contribution is 5.78. The van der Waals surface area contributed by atoms with E-state index >= 15 is 0 Å². The van der Waals surface area contributed by atoms with Crippen LogP contribution in [0.1, 0.15) is 12.8 Å². The molecule has 0 aliphatic rings. The minimum absolute atomic E-state index is 0.0958. The largest absolute Gasteiger partial charge is 0.294 e. The SMILES string of the molecule is NNC(=O)CCCn1ncc(=O)c2ccccc21. The number of amides is 1. The fraction of sp³-hybridized carbons (Fsp3) is 0.250. The van der Waals surface area contributed by atoms with Crippen LogP contribution in [0.2, 0.25) is 0 Å². The van der Waals surface area contributed by atoms with Crippen LogP contribution >= 0.6 is 0 Å². The van der Waals surface area contributed by atoms with Gasteiger partial charge in [0.25, 0.3) is 0 Å². The van der Waals surface area contributed by atoms with Gasteiger partial charge in [-0.05, 0) is 18.6 Å². The Morgan fingerprint density at radius 3 is 2.94 bits per heavy atom. The quantitative estimate of drug-likeness (QED) is 0.457. The molecule has 0 bridgehead atoms. The standard InChI is InChI=1S/C12H14N4O2/c13-15-12(18)6-3-7-16-10-5-2-1-4-9(10)11(17)8-14-16/h1-2,4-5,8H,3,6-7,13H2,(H,15,18). The van der Waals surface area contributed by atoms with E-state index < -0.39 is 0 Å². The molecule has 2 aromatic rings. The van der Waals surface area contributed by atoms with Gasteiger partial charge in [0.15, 0.2) is 0 Å². The van der Waals surface area contributed by atoms with Gasteiger partial charge in [-0.3, -0.25) is 19.7 Å². The number of hydrogen-bond donors (Lipinski definition) is 2. The van der Waals surface area contributed by atoms with E-state index in [2.05, 4.69) is 10.5 Å². The molecule has 1 amide bonds. The normalized spacial score (nSPS) is 10.5. The lowest BCUT2D eigenvalue weighted by Crippen LogP contribution is -2.30. The zero-order chi connectivity index (χ0) is 13.0. The summed E-state index contributed by atoms with van der Waals surface area (Å²) in [6.07, 6.45) is 2.24. The maximum absolute atomic E-state index is 11.6. The van der Waals surface area contributed by atoms with Crippen molar-refractivity contribution in [3.05, 3.63) is 40.7 Å². The Labute approximate surface area is 103 Å². The second-order valence-corrected chi connectivity index (χ2v) is 3.92. The number of nitrogens with zero attached hydrogens (tertiary/aromatic N) is 2. The highest BCUT2D eigenvalue weighted by atomic mass is 16.2. The van der Waals surface area contributed by atoms with E-state index in [0.717, 1.165) is 5.52 Å². The van der Waals surface area contributed by atoms with Crippen molar-refractivity contribution in [1.29, 1.82) is 0 Å². The summed E-state index contributed by atoms with van der Waals surface area (Å²) in [4.78, 5) is 22.6. The molecule has 6 nitrogen and oxygen atoms in total. The number of para-hydroxylation sites is 1. The fourth-order valence-corrected chi connectivity index (χ4v) is 1.80. The van der Waals surface area contributed by atoms with Crippen molar-refractivity contribution in [2.45, 2.75) is 19.4 Å². The lowest BCUT2D eigenvalue weighted by molar-refractivity contribution is -0.121. The minimum atomic E-state index is -0.208. The Morgan fingerprint density at radius 1 is 1.39 bits per heavy atom. The van der Waals surface area contributed by atoms with Gasteiger partial charge in [0.1, 0.15) is 0 Å². The summed E-state index contributed by atoms with van der Waals surface area (Å²) in [7, 11) is 0. The number of nitrogens with one attached hydrogen (secondary N) is 1. The van der Waals surface area contributed by atoms with Crippen molar-refractivity contribution in [3.8, 4) is 0 Å². The molecule has 94 valence electrons. The summed E-state index contributed by atoms with van der Waals surface area (Å²) in [5, 5.41) is 4.71. The molecule has 0 aliphatic carbocycles. The number of nitrogens with two attached hydrogens (primary N) is 1. The average molecular weight is 246 g/mol. The second-order valence-electron chi connectivity index (χ2n) is 3.92. The summed E-state index contributed by atoms with van der Waals surface area (Å²) < 4.78 is 1.72. The van der Waals surface area contributed by atoms with E-state index in [1.54, 1.807) is 10.7 Å². The number of carbonyl (C=O) groups is 1. The van der Waals surface area contributed by atoms with Crippen molar-refractivity contribution in [3.63, 3.8) is 0 Å². The van der Waals surface area contributed by atoms with Gasteiger partial charge in [-0.15, -0.1) is 0 Å². The number of aromatic nitrogens is 2. The van der Waals surface area contributed by atoms with Gasteiger partial charge in [-0.25, -0.2) is 5.84 Å². The van der Waals surface area contributed by atoms with Crippen LogP contribution < -0.4 is 16.7 Å². The molecule has 0 fully saturated rings. The van der Waals surface area contributed by atoms with Gasteiger partial charge in [0.2, 0.25) is 11.3 Å². The fourth-order valence-electron chi connectivity index (χ4n) is 1.80. The lowest BCUT2D eigenvalue weighted by atomic mass is 10.2. The summed E-state index contributed by atoms with van der Waals surface area (Å²) >= 11 is 0. The highest BCUT2D eigenvalue weighted by Gasteiger charge is 2.04. The molecule has 6 heteroatoms. The molecule has 2 rings (SSSR count). The van der Waals surface area contributed by atoms with Crippen molar-refractivity contribution in [1.82, 2.24) is 15.2 Å². The van der Waals surface area contributed by atoms with Gasteiger partial charge in [0, 0.05) is 18.4 Å². The smallest absolute Gasteiger partial charge is 0.233 e. The predicted molar refractivity (Wildman–Crippen MR) is 67.6 cm³/mol. The molecular weight excluding hydrogens is 232 g/mol. The maximum atomic E-state index is 11.6. The van der Waals surface area contributed by atoms with E-state index in [1.807, 2.05) is 18.2 Å². The third-order valence-electron chi connectivity index (χ3n) is 2.70. The van der Waals surface area contributed by atoms with E-state index in [0.29, 0.717) is 24.8 Å². The number of hydrogen-bond acceptors (Lipinski definition) is 4. The van der Waals surface area contributed by atoms with Crippen molar-refractivity contribution < 1.29 is 4.79 Å². The van der Waals surface area contributed by atoms with Crippen molar-refractivity contribution >= 4 is 16.8 Å². The first kappa shape index (κ1) is 12.3. The Bertz CT molecular complexity index is 621. The molecule has 0 radical (unpaired) electrons. The van der Waals surface area contributed by atoms with Gasteiger partial charge >= 0.3 is 0 Å². The monoisotopic (exact) mass is 246 g/mol. The van der Waals surface area contributed by atoms with Gasteiger partial charge in [-0.1, -0.05) is 12.1 Å². The number of aryl methyl sites for hydroxylation is 1. The lowest BCUT2D eigenvalue weighted by Gasteiger charge is -2.08. The van der Waals surface area contributed by atoms with Gasteiger partial charge in [-0.2, -0.15) is 5.10 Å². The summed E-state index contributed by atoms with van der Waals surface area (Å²) in [6.45, 7) is 0.564. The first-order valence-electron chi connectivity index (χ1n) is 5.66. The van der Waals surface area contributed by atoms with E-state index in [-0.39, 0.29) is 11.3 Å². The Kier molecular flexibility index (Phi) is 3.69. The van der Waals surface area contributed by atoms with Crippen molar-refractivity contribution in [2.75, 3.05) is 0 Å². The molecule has 0 unspecified atom stereocenters. The number of fused-ring (bicyclic) bond motifs is 1. The number of carbonyl (C=O) groups excluding carboxylic acids is 1. The van der Waals surface area contributed by atoms with Gasteiger partial charge < -0.3 is 0 Å². The third-order valence-corrected chi connectivity index (χ3v) is 2.70. The number of rotatable bonds is 4. The van der Waals surface area contributed by atoms with Crippen LogP contribution in [0.4, 0.5) is 0 Å². The van der Waals surface area contributed by atoms with Crippen LogP contribution in [0.5, 0.6) is 0 Å². The highest BCUT2D eigenvalue weighted by Crippen LogP contribution is 2.08. The average Bonchev–Trinajstić information content (AvgIpc) is 2.41. The van der Waals surface area contributed by atoms with Crippen LogP contribution in [0.3, 0.4) is 0 Å². The second kappa shape index (κ2) is 5.42. The molecule has 0 saturated carbocycles. The Hall–Kier alpha value is -2.21. The van der Waals surface area contributed by atoms with Gasteiger partial charge in [0.05, 0.1) is 11.7 Å². The molecule has 18 heavy (non-hydrogen) atoms. The number of hydrazine groups is 1. The maximum Gasteiger partial charge on any atom is 0.233 e. The Morgan fingerprint density at radius 2 is 2.17 bits per heavy atom. The first-order valence-corrected chi connectivity index (χ1v) is 5.66. The molecule has 1 heterocycles. The number of benzene rings is 1. The molecular formula is C12H14N4O2. The molecule has 3 N–H and O–H groups in total. The topological polar surface area (TPSA) is 90.0 Å². The summed E-state index contributed by atoms with van der Waals surface area (Å²) in [5.41, 5.74) is 2.76. The van der Waals surface area contributed by atoms with Crippen LogP contribution in [0.15, 0.2) is 35.3 Å². The third kappa shape index (κ3) is 2.54. The van der Waals surface area contributed by atoms with Crippen LogP contribution in [-0.2, 0) is 11.3 Å². The zero-order valence-electron chi connectivity index (χ0n) is 9.80. The molecule has 0 spiro atoms. The molecule has 1 aromatic carbocycles. The zero-order valence-corrected chi connectivity index (χ0v) is 9.80. The first-order chi connectivity index (χ1) is 8.72.